The molecule has 0 spiro atoms. The molecule has 2 heteroatoms. The zero-order valence-electron chi connectivity index (χ0n) is 8.72. The van der Waals surface area contributed by atoms with Crippen molar-refractivity contribution >= 4 is 5.69 Å². The van der Waals surface area contributed by atoms with Crippen LogP contribution in [0.5, 0.6) is 0 Å². The highest BCUT2D eigenvalue weighted by Crippen LogP contribution is 2.17. The lowest BCUT2D eigenvalue weighted by Gasteiger charge is -2.15. The maximum absolute atomic E-state index is 3.60. The Morgan fingerprint density at radius 3 is 3.00 bits per heavy atom. The molecule has 1 atom stereocenters. The van der Waals surface area contributed by atoms with E-state index in [2.05, 4.69) is 41.8 Å². The van der Waals surface area contributed by atoms with Crippen LogP contribution in [0.25, 0.3) is 0 Å². The van der Waals surface area contributed by atoms with Gasteiger partial charge in [-0.25, -0.2) is 0 Å². The molecule has 1 aliphatic rings. The second-order valence-electron chi connectivity index (χ2n) is 3.84. The van der Waals surface area contributed by atoms with Crippen molar-refractivity contribution in [2.24, 2.45) is 0 Å². The number of rotatable bonds is 3. The third-order valence-corrected chi connectivity index (χ3v) is 2.82. The summed E-state index contributed by atoms with van der Waals surface area (Å²) in [5.41, 5.74) is 2.73. The molecule has 2 N–H and O–H groups in total. The molecule has 2 nitrogen and oxygen atoms in total. The minimum atomic E-state index is 0.614. The lowest BCUT2D eigenvalue weighted by atomic mass is 10.1. The monoisotopic (exact) mass is 190 g/mol. The summed E-state index contributed by atoms with van der Waals surface area (Å²) < 4.78 is 0. The first-order valence-corrected chi connectivity index (χ1v) is 5.45. The quantitative estimate of drug-likeness (QED) is 0.762. The van der Waals surface area contributed by atoms with Crippen molar-refractivity contribution in [1.82, 2.24) is 5.32 Å². The van der Waals surface area contributed by atoms with Gasteiger partial charge in [0.25, 0.3) is 0 Å². The molecule has 0 bridgehead atoms. The van der Waals surface area contributed by atoms with Crippen LogP contribution < -0.4 is 10.6 Å². The van der Waals surface area contributed by atoms with Gasteiger partial charge in [-0.2, -0.15) is 0 Å². The number of para-hydroxylation sites is 1. The summed E-state index contributed by atoms with van der Waals surface area (Å²) in [5, 5.41) is 6.97. The van der Waals surface area contributed by atoms with E-state index in [4.69, 9.17) is 0 Å². The van der Waals surface area contributed by atoms with Crippen molar-refractivity contribution in [3.8, 4) is 0 Å². The molecule has 1 fully saturated rings. The Hall–Kier alpha value is -1.02. The van der Waals surface area contributed by atoms with E-state index < -0.39 is 0 Å². The number of hydrogen-bond donors (Lipinski definition) is 2. The van der Waals surface area contributed by atoms with Gasteiger partial charge >= 0.3 is 0 Å². The fourth-order valence-corrected chi connectivity index (χ4v) is 1.97. The van der Waals surface area contributed by atoms with E-state index in [0.29, 0.717) is 6.04 Å². The van der Waals surface area contributed by atoms with Gasteiger partial charge < -0.3 is 10.6 Å². The van der Waals surface area contributed by atoms with E-state index in [-0.39, 0.29) is 0 Å². The van der Waals surface area contributed by atoms with Gasteiger partial charge in [0.1, 0.15) is 0 Å². The van der Waals surface area contributed by atoms with Crippen LogP contribution in [0, 0.1) is 0 Å². The van der Waals surface area contributed by atoms with Crippen molar-refractivity contribution < 1.29 is 0 Å². The van der Waals surface area contributed by atoms with Crippen molar-refractivity contribution in [3.63, 3.8) is 0 Å². The summed E-state index contributed by atoms with van der Waals surface area (Å²) in [6, 6.07) is 9.20. The molecular formula is C12H18N2. The van der Waals surface area contributed by atoms with Crippen LogP contribution in [0.1, 0.15) is 18.9 Å². The molecule has 0 aliphatic carbocycles. The first kappa shape index (κ1) is 9.53. The van der Waals surface area contributed by atoms with Crippen LogP contribution in [0.3, 0.4) is 0 Å². The molecule has 1 aromatic carbocycles. The normalized spacial score (nSPS) is 21.1. The predicted molar refractivity (Wildman–Crippen MR) is 60.7 cm³/mol. The van der Waals surface area contributed by atoms with Crippen LogP contribution >= 0.6 is 0 Å². The minimum Gasteiger partial charge on any atom is -0.381 e. The Morgan fingerprint density at radius 1 is 1.43 bits per heavy atom. The average molecular weight is 190 g/mol. The minimum absolute atomic E-state index is 0.614. The molecular weight excluding hydrogens is 172 g/mol. The fraction of sp³-hybridized carbons (Fsp3) is 0.500. The molecule has 1 aromatic rings. The van der Waals surface area contributed by atoms with E-state index in [1.807, 2.05) is 0 Å². The number of anilines is 1. The molecule has 1 aliphatic heterocycles. The first-order chi connectivity index (χ1) is 6.90. The molecule has 2 rings (SSSR count). The topological polar surface area (TPSA) is 24.1 Å². The first-order valence-electron chi connectivity index (χ1n) is 5.45. The van der Waals surface area contributed by atoms with Crippen LogP contribution in [0.4, 0.5) is 5.69 Å². The van der Waals surface area contributed by atoms with E-state index in [0.717, 1.165) is 19.5 Å². The van der Waals surface area contributed by atoms with Gasteiger partial charge in [-0.05, 0) is 31.0 Å². The Bertz CT molecular complexity index is 290. The lowest BCUT2D eigenvalue weighted by Crippen LogP contribution is -2.22. The van der Waals surface area contributed by atoms with E-state index >= 15 is 0 Å². The van der Waals surface area contributed by atoms with Crippen LogP contribution in [0.2, 0.25) is 0 Å². The zero-order chi connectivity index (χ0) is 9.80. The Labute approximate surface area is 85.7 Å². The van der Waals surface area contributed by atoms with Gasteiger partial charge in [-0.3, -0.25) is 0 Å². The average Bonchev–Trinajstić information content (AvgIpc) is 2.71. The fourth-order valence-electron chi connectivity index (χ4n) is 1.97. The summed E-state index contributed by atoms with van der Waals surface area (Å²) in [6.07, 6.45) is 2.33. The number of benzene rings is 1. The summed E-state index contributed by atoms with van der Waals surface area (Å²) >= 11 is 0. The summed E-state index contributed by atoms with van der Waals surface area (Å²) in [4.78, 5) is 0. The number of hydrogen-bond acceptors (Lipinski definition) is 2. The molecule has 0 radical (unpaired) electrons. The summed E-state index contributed by atoms with van der Waals surface area (Å²) in [7, 11) is 0. The second-order valence-corrected chi connectivity index (χ2v) is 3.84. The van der Waals surface area contributed by atoms with Crippen molar-refractivity contribution in [3.05, 3.63) is 29.8 Å². The van der Waals surface area contributed by atoms with E-state index in [9.17, 15) is 0 Å². The standard InChI is InChI=1S/C12H18N2/c1-2-10-5-3-4-6-12(10)14-11-7-8-13-9-11/h3-6,11,13-14H,2,7-9H2,1H3. The van der Waals surface area contributed by atoms with Gasteiger partial charge in [0.05, 0.1) is 0 Å². The van der Waals surface area contributed by atoms with Crippen molar-refractivity contribution in [1.29, 1.82) is 0 Å². The lowest BCUT2D eigenvalue weighted by molar-refractivity contribution is 0.791. The largest absolute Gasteiger partial charge is 0.381 e. The van der Waals surface area contributed by atoms with Gasteiger partial charge in [0, 0.05) is 18.3 Å². The van der Waals surface area contributed by atoms with Crippen LogP contribution in [-0.2, 0) is 6.42 Å². The maximum Gasteiger partial charge on any atom is 0.0398 e. The molecule has 1 unspecified atom stereocenters. The highest BCUT2D eigenvalue weighted by molar-refractivity contribution is 5.51. The highest BCUT2D eigenvalue weighted by atomic mass is 15.0. The Morgan fingerprint density at radius 2 is 2.29 bits per heavy atom. The number of nitrogens with one attached hydrogen (secondary N) is 2. The van der Waals surface area contributed by atoms with Gasteiger partial charge in [-0.1, -0.05) is 25.1 Å². The third kappa shape index (κ3) is 2.07. The summed E-state index contributed by atoms with van der Waals surface area (Å²) in [5.74, 6) is 0. The highest BCUT2D eigenvalue weighted by Gasteiger charge is 2.14. The molecule has 1 saturated heterocycles. The van der Waals surface area contributed by atoms with Gasteiger partial charge in [0.15, 0.2) is 0 Å². The van der Waals surface area contributed by atoms with Crippen LogP contribution in [-0.4, -0.2) is 19.1 Å². The molecule has 0 aromatic heterocycles. The van der Waals surface area contributed by atoms with Crippen LogP contribution in [0.15, 0.2) is 24.3 Å². The zero-order valence-corrected chi connectivity index (χ0v) is 8.72. The van der Waals surface area contributed by atoms with E-state index in [1.165, 1.54) is 17.7 Å². The predicted octanol–water partition coefficient (Wildman–Crippen LogP) is 2.02. The van der Waals surface area contributed by atoms with E-state index in [1.54, 1.807) is 0 Å². The molecule has 0 amide bonds. The molecule has 76 valence electrons. The molecule has 0 saturated carbocycles. The van der Waals surface area contributed by atoms with Gasteiger partial charge in [0.2, 0.25) is 0 Å². The summed E-state index contributed by atoms with van der Waals surface area (Å²) in [6.45, 7) is 4.44. The van der Waals surface area contributed by atoms with Crippen molar-refractivity contribution in [2.45, 2.75) is 25.8 Å². The number of aryl methyl sites for hydroxylation is 1. The SMILES string of the molecule is CCc1ccccc1NC1CCNC1. The molecule has 1 heterocycles. The molecule has 14 heavy (non-hydrogen) atoms. The van der Waals surface area contributed by atoms with Gasteiger partial charge in [-0.15, -0.1) is 0 Å². The third-order valence-electron chi connectivity index (χ3n) is 2.82. The Kier molecular flexibility index (Phi) is 3.04. The van der Waals surface area contributed by atoms with Crippen molar-refractivity contribution in [2.75, 3.05) is 18.4 Å². The Balaban J connectivity index is 2.07. The second kappa shape index (κ2) is 4.47. The smallest absolute Gasteiger partial charge is 0.0398 e. The maximum atomic E-state index is 3.60.